The molecule has 5 heteroatoms. The van der Waals surface area contributed by atoms with Crippen molar-refractivity contribution in [3.8, 4) is 0 Å². The van der Waals surface area contributed by atoms with Gasteiger partial charge in [0.15, 0.2) is 0 Å². The summed E-state index contributed by atoms with van der Waals surface area (Å²) < 4.78 is 0. The smallest absolute Gasteiger partial charge is 0.239 e. The molecular weight excluding hydrogens is 340 g/mol. The molecular formula is C21H30N2O2Si. The lowest BCUT2D eigenvalue weighted by Gasteiger charge is -2.33. The molecule has 0 aliphatic rings. The number of carbonyl (C=O) groups is 1. The van der Waals surface area contributed by atoms with Crippen molar-refractivity contribution in [3.63, 3.8) is 0 Å². The largest absolute Gasteiger partial charge is 0.386 e. The Morgan fingerprint density at radius 1 is 1.08 bits per heavy atom. The minimum atomic E-state index is -1.81. The molecule has 0 heterocycles. The monoisotopic (exact) mass is 370 g/mol. The molecule has 0 fully saturated rings. The number of nitrogens with two attached hydrogens (primary N) is 1. The van der Waals surface area contributed by atoms with Crippen molar-refractivity contribution in [3.05, 3.63) is 66.2 Å². The van der Waals surface area contributed by atoms with Gasteiger partial charge in [0.2, 0.25) is 5.91 Å². The van der Waals surface area contributed by atoms with Crippen LogP contribution in [0, 0.1) is 0 Å². The molecule has 2 unspecified atom stereocenters. The number of hydrogen-bond donors (Lipinski definition) is 2. The summed E-state index contributed by atoms with van der Waals surface area (Å²) in [6, 6.07) is 19.5. The molecule has 0 saturated carbocycles. The van der Waals surface area contributed by atoms with E-state index in [1.54, 1.807) is 11.9 Å². The number of carbonyl (C=O) groups excluding carboxylic acids is 1. The first-order chi connectivity index (χ1) is 12.2. The van der Waals surface area contributed by atoms with Crippen LogP contribution in [-0.2, 0) is 4.79 Å². The molecule has 0 bridgehead atoms. The third kappa shape index (κ3) is 4.81. The fourth-order valence-corrected chi connectivity index (χ4v) is 5.85. The number of aliphatic hydroxyl groups is 1. The van der Waals surface area contributed by atoms with Crippen LogP contribution in [0.3, 0.4) is 0 Å². The van der Waals surface area contributed by atoms with Crippen LogP contribution >= 0.6 is 0 Å². The molecule has 3 N–H and O–H groups in total. The van der Waals surface area contributed by atoms with Crippen LogP contribution < -0.4 is 10.9 Å². The Morgan fingerprint density at radius 3 is 2.12 bits per heavy atom. The number of likely N-dealkylation sites (N-methyl/N-ethyl adjacent to an activating group) is 1. The number of hydrogen-bond acceptors (Lipinski definition) is 3. The van der Waals surface area contributed by atoms with Crippen LogP contribution in [0.4, 0.5) is 0 Å². The second-order valence-corrected chi connectivity index (χ2v) is 12.4. The molecule has 3 atom stereocenters. The van der Waals surface area contributed by atoms with Crippen molar-refractivity contribution in [2.45, 2.75) is 44.2 Å². The topological polar surface area (TPSA) is 66.6 Å². The fourth-order valence-electron chi connectivity index (χ4n) is 3.25. The Balaban J connectivity index is 2.05. The molecule has 2 aromatic rings. The van der Waals surface area contributed by atoms with E-state index < -0.39 is 20.2 Å². The molecule has 0 saturated heterocycles. The van der Waals surface area contributed by atoms with Gasteiger partial charge in [0, 0.05) is 7.05 Å². The molecule has 140 valence electrons. The van der Waals surface area contributed by atoms with Crippen molar-refractivity contribution in [2.24, 2.45) is 5.73 Å². The minimum Gasteiger partial charge on any atom is -0.386 e. The highest BCUT2D eigenvalue weighted by molar-refractivity contribution is 6.90. The van der Waals surface area contributed by atoms with E-state index in [4.69, 9.17) is 5.73 Å². The van der Waals surface area contributed by atoms with E-state index in [2.05, 4.69) is 25.2 Å². The molecule has 0 aromatic heterocycles. The van der Waals surface area contributed by atoms with Gasteiger partial charge in [0.05, 0.1) is 26.3 Å². The second kappa shape index (κ2) is 8.62. The van der Waals surface area contributed by atoms with E-state index in [-0.39, 0.29) is 11.9 Å². The predicted octanol–water partition coefficient (Wildman–Crippen LogP) is 2.51. The van der Waals surface area contributed by atoms with Gasteiger partial charge in [0.1, 0.15) is 0 Å². The van der Waals surface area contributed by atoms with E-state index in [1.165, 1.54) is 5.19 Å². The summed E-state index contributed by atoms with van der Waals surface area (Å²) >= 11 is 0. The van der Waals surface area contributed by atoms with Crippen LogP contribution in [0.2, 0.25) is 19.1 Å². The normalized spacial score (nSPS) is 15.2. The average Bonchev–Trinajstić information content (AvgIpc) is 2.66. The lowest BCUT2D eigenvalue weighted by Crippen LogP contribution is -2.53. The number of aliphatic hydroxyl groups excluding tert-OH is 1. The summed E-state index contributed by atoms with van der Waals surface area (Å²) in [5, 5.41) is 11.9. The van der Waals surface area contributed by atoms with Gasteiger partial charge in [-0.05, 0) is 18.5 Å². The van der Waals surface area contributed by atoms with Gasteiger partial charge in [-0.2, -0.15) is 0 Å². The Morgan fingerprint density at radius 2 is 1.58 bits per heavy atom. The first-order valence-corrected chi connectivity index (χ1v) is 12.3. The summed E-state index contributed by atoms with van der Waals surface area (Å²) in [6.07, 6.45) is -0.739. The van der Waals surface area contributed by atoms with Crippen molar-refractivity contribution in [2.75, 3.05) is 7.05 Å². The SMILES string of the molecule is CC(C(O)c1ccccc1)N(C)C(=O)[C@@H](N)C[Si](C)(C)c1ccccc1. The Bertz CT molecular complexity index is 706. The van der Waals surface area contributed by atoms with E-state index in [9.17, 15) is 9.90 Å². The van der Waals surface area contributed by atoms with Crippen molar-refractivity contribution < 1.29 is 9.90 Å². The maximum Gasteiger partial charge on any atom is 0.239 e. The van der Waals surface area contributed by atoms with Crippen molar-refractivity contribution in [1.82, 2.24) is 4.90 Å². The van der Waals surface area contributed by atoms with Crippen LogP contribution in [-0.4, -0.2) is 43.1 Å². The quantitative estimate of drug-likeness (QED) is 0.736. The predicted molar refractivity (Wildman–Crippen MR) is 110 cm³/mol. The maximum atomic E-state index is 12.8. The molecule has 0 radical (unpaired) electrons. The Hall–Kier alpha value is -1.95. The summed E-state index contributed by atoms with van der Waals surface area (Å²) in [6.45, 7) is 6.32. The van der Waals surface area contributed by atoms with E-state index in [0.717, 1.165) is 5.56 Å². The first-order valence-electron chi connectivity index (χ1n) is 9.05. The van der Waals surface area contributed by atoms with Gasteiger partial charge in [-0.15, -0.1) is 0 Å². The number of rotatable bonds is 7. The van der Waals surface area contributed by atoms with Crippen LogP contribution in [0.5, 0.6) is 0 Å². The third-order valence-electron chi connectivity index (χ3n) is 5.16. The standard InChI is InChI=1S/C21H30N2O2Si/c1-16(20(24)17-11-7-5-8-12-17)23(2)21(25)19(22)15-26(3,4)18-13-9-6-10-14-18/h5-14,16,19-20,24H,15,22H2,1-4H3/t16?,19-,20?/m0/s1. The highest BCUT2D eigenvalue weighted by Gasteiger charge is 2.32. The van der Waals surface area contributed by atoms with Crippen LogP contribution in [0.15, 0.2) is 60.7 Å². The zero-order valence-electron chi connectivity index (χ0n) is 16.1. The number of nitrogens with zero attached hydrogens (tertiary/aromatic N) is 1. The molecule has 0 aliphatic heterocycles. The highest BCUT2D eigenvalue weighted by atomic mass is 28.3. The Labute approximate surface area is 157 Å². The summed E-state index contributed by atoms with van der Waals surface area (Å²) in [4.78, 5) is 14.4. The second-order valence-electron chi connectivity index (χ2n) is 7.61. The zero-order chi connectivity index (χ0) is 19.3. The van der Waals surface area contributed by atoms with Gasteiger partial charge < -0.3 is 15.7 Å². The van der Waals surface area contributed by atoms with Crippen LogP contribution in [0.1, 0.15) is 18.6 Å². The van der Waals surface area contributed by atoms with Crippen molar-refractivity contribution in [1.29, 1.82) is 0 Å². The summed E-state index contributed by atoms with van der Waals surface area (Å²) in [5.74, 6) is -0.121. The van der Waals surface area contributed by atoms with Gasteiger partial charge in [-0.25, -0.2) is 0 Å². The lowest BCUT2D eigenvalue weighted by atomic mass is 10.0. The molecule has 0 spiro atoms. The number of amides is 1. The molecule has 2 rings (SSSR count). The minimum absolute atomic E-state index is 0.121. The van der Waals surface area contributed by atoms with E-state index in [1.807, 2.05) is 55.5 Å². The number of benzene rings is 2. The molecule has 0 aliphatic carbocycles. The van der Waals surface area contributed by atoms with Gasteiger partial charge in [-0.3, -0.25) is 4.79 Å². The molecule has 26 heavy (non-hydrogen) atoms. The first kappa shape index (κ1) is 20.4. The average molecular weight is 371 g/mol. The third-order valence-corrected chi connectivity index (χ3v) is 8.52. The highest BCUT2D eigenvalue weighted by Crippen LogP contribution is 2.21. The van der Waals surface area contributed by atoms with E-state index >= 15 is 0 Å². The van der Waals surface area contributed by atoms with Gasteiger partial charge in [-0.1, -0.05) is 78.9 Å². The fraction of sp³-hybridized carbons (Fsp3) is 0.381. The molecule has 4 nitrogen and oxygen atoms in total. The lowest BCUT2D eigenvalue weighted by molar-refractivity contribution is -0.134. The van der Waals surface area contributed by atoms with Crippen molar-refractivity contribution >= 4 is 19.2 Å². The summed E-state index contributed by atoms with van der Waals surface area (Å²) in [5.41, 5.74) is 7.08. The maximum absolute atomic E-state index is 12.8. The van der Waals surface area contributed by atoms with Gasteiger partial charge in [0.25, 0.3) is 0 Å². The van der Waals surface area contributed by atoms with Gasteiger partial charge >= 0.3 is 0 Å². The molecule has 2 aromatic carbocycles. The Kier molecular flexibility index (Phi) is 6.75. The molecule has 1 amide bonds. The zero-order valence-corrected chi connectivity index (χ0v) is 17.1. The van der Waals surface area contributed by atoms with E-state index in [0.29, 0.717) is 6.04 Å². The van der Waals surface area contributed by atoms with Crippen LogP contribution in [0.25, 0.3) is 0 Å². The summed E-state index contributed by atoms with van der Waals surface area (Å²) in [7, 11) is -0.0937.